The van der Waals surface area contributed by atoms with Gasteiger partial charge in [-0.3, -0.25) is 4.79 Å². The lowest BCUT2D eigenvalue weighted by Crippen LogP contribution is -2.38. The lowest BCUT2D eigenvalue weighted by atomic mass is 10.2. The topological polar surface area (TPSA) is 58.1 Å². The van der Waals surface area contributed by atoms with Gasteiger partial charge < -0.3 is 10.2 Å². The number of unbranched alkanes of at least 4 members (excludes halogenated alkanes) is 2. The molecule has 106 valence electrons. The smallest absolute Gasteiger partial charge is 0.274 e. The third-order valence-corrected chi connectivity index (χ3v) is 3.03. The van der Waals surface area contributed by atoms with Crippen molar-refractivity contribution in [2.75, 3.05) is 18.9 Å². The van der Waals surface area contributed by atoms with Crippen molar-refractivity contribution >= 4 is 11.7 Å². The molecule has 1 aromatic heterocycles. The first-order valence-corrected chi connectivity index (χ1v) is 6.92. The molecule has 1 N–H and O–H groups in total. The third kappa shape index (κ3) is 4.50. The van der Waals surface area contributed by atoms with Gasteiger partial charge in [0.15, 0.2) is 5.69 Å². The number of amides is 1. The maximum Gasteiger partial charge on any atom is 0.274 e. The van der Waals surface area contributed by atoms with Crippen LogP contribution in [-0.2, 0) is 0 Å². The van der Waals surface area contributed by atoms with E-state index in [4.69, 9.17) is 0 Å². The van der Waals surface area contributed by atoms with Crippen molar-refractivity contribution in [2.24, 2.45) is 0 Å². The van der Waals surface area contributed by atoms with E-state index in [1.54, 1.807) is 19.2 Å². The Bertz CT molecular complexity index is 389. The predicted molar refractivity (Wildman–Crippen MR) is 77.3 cm³/mol. The van der Waals surface area contributed by atoms with Crippen LogP contribution < -0.4 is 5.32 Å². The summed E-state index contributed by atoms with van der Waals surface area (Å²) < 4.78 is 0. The molecule has 0 fully saturated rings. The van der Waals surface area contributed by atoms with E-state index in [2.05, 4.69) is 22.4 Å². The summed E-state index contributed by atoms with van der Waals surface area (Å²) in [7, 11) is 1.77. The van der Waals surface area contributed by atoms with Crippen molar-refractivity contribution < 1.29 is 4.79 Å². The van der Waals surface area contributed by atoms with Crippen LogP contribution in [0.5, 0.6) is 0 Å². The summed E-state index contributed by atoms with van der Waals surface area (Å²) in [5.74, 6) is 0.625. The minimum atomic E-state index is -0.0405. The summed E-state index contributed by atoms with van der Waals surface area (Å²) in [4.78, 5) is 14.2. The van der Waals surface area contributed by atoms with E-state index in [9.17, 15) is 4.79 Å². The van der Waals surface area contributed by atoms with Crippen LogP contribution in [0.25, 0.3) is 0 Å². The van der Waals surface area contributed by atoms with Gasteiger partial charge in [0.25, 0.3) is 5.91 Å². The highest BCUT2D eigenvalue weighted by molar-refractivity contribution is 5.92. The molecule has 0 aliphatic heterocycles. The Labute approximate surface area is 115 Å². The fourth-order valence-electron chi connectivity index (χ4n) is 1.85. The molecule has 0 saturated carbocycles. The van der Waals surface area contributed by atoms with Gasteiger partial charge in [-0.25, -0.2) is 0 Å². The van der Waals surface area contributed by atoms with Gasteiger partial charge in [-0.1, -0.05) is 19.8 Å². The Balaban J connectivity index is 2.74. The Hall–Kier alpha value is -1.65. The first-order chi connectivity index (χ1) is 9.10. The molecule has 0 aliphatic rings. The highest BCUT2D eigenvalue weighted by Gasteiger charge is 2.19. The third-order valence-electron chi connectivity index (χ3n) is 3.03. The fourth-order valence-corrected chi connectivity index (χ4v) is 1.85. The Kier molecular flexibility index (Phi) is 6.25. The number of carbonyl (C=O) groups is 1. The normalized spacial score (nSPS) is 10.6. The van der Waals surface area contributed by atoms with Crippen molar-refractivity contribution in [1.82, 2.24) is 15.1 Å². The van der Waals surface area contributed by atoms with E-state index in [0.29, 0.717) is 11.5 Å². The second kappa shape index (κ2) is 7.71. The Morgan fingerprint density at radius 3 is 2.53 bits per heavy atom. The molecule has 0 atom stereocenters. The summed E-state index contributed by atoms with van der Waals surface area (Å²) in [6, 6.07) is 3.66. The molecule has 1 amide bonds. The minimum Gasteiger partial charge on any atom is -0.372 e. The largest absolute Gasteiger partial charge is 0.372 e. The van der Waals surface area contributed by atoms with E-state index < -0.39 is 0 Å². The van der Waals surface area contributed by atoms with Gasteiger partial charge in [0.2, 0.25) is 0 Å². The van der Waals surface area contributed by atoms with Crippen LogP contribution in [0, 0.1) is 0 Å². The zero-order valence-corrected chi connectivity index (χ0v) is 12.3. The fraction of sp³-hybridized carbons (Fsp3) is 0.643. The highest BCUT2D eigenvalue weighted by atomic mass is 16.2. The van der Waals surface area contributed by atoms with Crippen molar-refractivity contribution in [3.63, 3.8) is 0 Å². The number of anilines is 1. The average molecular weight is 264 g/mol. The summed E-state index contributed by atoms with van der Waals surface area (Å²) in [5.41, 5.74) is 0.407. The standard InChI is InChI=1S/C14H24N4O/c1-5-6-7-10-18(11(2)3)14(19)12-8-9-13(15-4)17-16-12/h8-9,11H,5-7,10H2,1-4H3,(H,15,17). The van der Waals surface area contributed by atoms with E-state index in [0.717, 1.165) is 25.8 Å². The highest BCUT2D eigenvalue weighted by Crippen LogP contribution is 2.09. The number of hydrogen-bond acceptors (Lipinski definition) is 4. The van der Waals surface area contributed by atoms with Crippen molar-refractivity contribution in [1.29, 1.82) is 0 Å². The minimum absolute atomic E-state index is 0.0405. The van der Waals surface area contributed by atoms with Crippen LogP contribution >= 0.6 is 0 Å². The molecule has 0 aromatic carbocycles. The summed E-state index contributed by atoms with van der Waals surface area (Å²) in [6.07, 6.45) is 3.32. The molecule has 1 aromatic rings. The molecule has 0 radical (unpaired) electrons. The number of aromatic nitrogens is 2. The predicted octanol–water partition coefficient (Wildman–Crippen LogP) is 2.56. The van der Waals surface area contributed by atoms with Crippen molar-refractivity contribution in [2.45, 2.75) is 46.1 Å². The summed E-state index contributed by atoms with van der Waals surface area (Å²) >= 11 is 0. The molecule has 0 aliphatic carbocycles. The van der Waals surface area contributed by atoms with E-state index in [1.807, 2.05) is 18.7 Å². The number of nitrogens with zero attached hydrogens (tertiary/aromatic N) is 3. The molecule has 0 spiro atoms. The van der Waals surface area contributed by atoms with Gasteiger partial charge in [0.1, 0.15) is 5.82 Å². The van der Waals surface area contributed by atoms with Crippen LogP contribution in [0.15, 0.2) is 12.1 Å². The Morgan fingerprint density at radius 1 is 1.32 bits per heavy atom. The van der Waals surface area contributed by atoms with Gasteiger partial charge in [0.05, 0.1) is 0 Å². The van der Waals surface area contributed by atoms with Crippen molar-refractivity contribution in [3.8, 4) is 0 Å². The van der Waals surface area contributed by atoms with E-state index >= 15 is 0 Å². The molecule has 5 heteroatoms. The average Bonchev–Trinajstić information content (AvgIpc) is 2.42. The van der Waals surface area contributed by atoms with E-state index in [1.165, 1.54) is 0 Å². The number of hydrogen-bond donors (Lipinski definition) is 1. The summed E-state index contributed by atoms with van der Waals surface area (Å²) in [5, 5.41) is 10.8. The van der Waals surface area contributed by atoms with Crippen LogP contribution in [0.2, 0.25) is 0 Å². The molecule has 0 saturated heterocycles. The molecular formula is C14H24N4O. The lowest BCUT2D eigenvalue weighted by Gasteiger charge is -2.26. The first-order valence-electron chi connectivity index (χ1n) is 6.92. The number of rotatable bonds is 7. The van der Waals surface area contributed by atoms with Gasteiger partial charge in [0, 0.05) is 19.6 Å². The monoisotopic (exact) mass is 264 g/mol. The molecule has 0 bridgehead atoms. The van der Waals surface area contributed by atoms with Crippen LogP contribution in [0.3, 0.4) is 0 Å². The maximum atomic E-state index is 12.4. The second-order valence-electron chi connectivity index (χ2n) is 4.85. The maximum absolute atomic E-state index is 12.4. The Morgan fingerprint density at radius 2 is 2.05 bits per heavy atom. The summed E-state index contributed by atoms with van der Waals surface area (Å²) in [6.45, 7) is 6.99. The number of nitrogens with one attached hydrogen (secondary N) is 1. The first kappa shape index (κ1) is 15.4. The molecule has 5 nitrogen and oxygen atoms in total. The van der Waals surface area contributed by atoms with Gasteiger partial charge >= 0.3 is 0 Å². The SMILES string of the molecule is CCCCCN(C(=O)c1ccc(NC)nn1)C(C)C. The molecule has 1 rings (SSSR count). The van der Waals surface area contributed by atoms with Gasteiger partial charge in [-0.15, -0.1) is 10.2 Å². The molecule has 19 heavy (non-hydrogen) atoms. The van der Waals surface area contributed by atoms with Gasteiger partial charge in [-0.05, 0) is 32.4 Å². The van der Waals surface area contributed by atoms with Crippen molar-refractivity contribution in [3.05, 3.63) is 17.8 Å². The lowest BCUT2D eigenvalue weighted by molar-refractivity contribution is 0.0695. The van der Waals surface area contributed by atoms with Crippen LogP contribution in [0.4, 0.5) is 5.82 Å². The number of carbonyl (C=O) groups excluding carboxylic acids is 1. The molecule has 1 heterocycles. The van der Waals surface area contributed by atoms with Crippen LogP contribution in [-0.4, -0.2) is 40.6 Å². The zero-order valence-electron chi connectivity index (χ0n) is 12.3. The van der Waals surface area contributed by atoms with Crippen LogP contribution in [0.1, 0.15) is 50.5 Å². The second-order valence-corrected chi connectivity index (χ2v) is 4.85. The molecular weight excluding hydrogens is 240 g/mol. The zero-order chi connectivity index (χ0) is 14.3. The van der Waals surface area contributed by atoms with Gasteiger partial charge in [-0.2, -0.15) is 0 Å². The quantitative estimate of drug-likeness (QED) is 0.769. The van der Waals surface area contributed by atoms with E-state index in [-0.39, 0.29) is 11.9 Å². The molecule has 0 unspecified atom stereocenters.